The Hall–Kier alpha value is -2.79. The summed E-state index contributed by atoms with van der Waals surface area (Å²) in [6, 6.07) is 7.80. The van der Waals surface area contributed by atoms with Gasteiger partial charge in [-0.05, 0) is 6.42 Å². The number of benzene rings is 1. The van der Waals surface area contributed by atoms with Gasteiger partial charge in [-0.2, -0.15) is 0 Å². The summed E-state index contributed by atoms with van der Waals surface area (Å²) in [6.45, 7) is 3.07. The van der Waals surface area contributed by atoms with Gasteiger partial charge in [0, 0.05) is 37.1 Å². The minimum Gasteiger partial charge on any atom is -0.449 e. The Morgan fingerprint density at radius 1 is 1.14 bits per heavy atom. The molecule has 11 nitrogen and oxygen atoms in total. The summed E-state index contributed by atoms with van der Waals surface area (Å²) < 4.78 is 16.9. The number of hydrogen-bond acceptors (Lipinski definition) is 7. The van der Waals surface area contributed by atoms with Crippen LogP contribution in [-0.4, -0.2) is 87.5 Å². The number of piperazine rings is 1. The molecule has 3 N–H and O–H groups in total. The van der Waals surface area contributed by atoms with E-state index >= 15 is 0 Å². The second-order valence-corrected chi connectivity index (χ2v) is 10.6. The quantitative estimate of drug-likeness (QED) is 0.334. The molecular formula is C22H29N4O7PS. The first-order valence-electron chi connectivity index (χ1n) is 11.2. The van der Waals surface area contributed by atoms with Crippen LogP contribution in [0.5, 0.6) is 0 Å². The van der Waals surface area contributed by atoms with Crippen LogP contribution in [0.1, 0.15) is 30.3 Å². The predicted octanol–water partition coefficient (Wildman–Crippen LogP) is 2.17. The molecule has 3 rings (SSSR count). The van der Waals surface area contributed by atoms with Crippen molar-refractivity contribution in [3.8, 4) is 10.6 Å². The molecule has 190 valence electrons. The van der Waals surface area contributed by atoms with Crippen LogP contribution in [0.2, 0.25) is 0 Å². The highest BCUT2D eigenvalue weighted by Gasteiger charge is 2.35. The van der Waals surface area contributed by atoms with Crippen molar-refractivity contribution < 1.29 is 33.5 Å². The summed E-state index contributed by atoms with van der Waals surface area (Å²) in [5.74, 6) is -1.33. The summed E-state index contributed by atoms with van der Waals surface area (Å²) in [6.07, 6.45) is 0.367. The average Bonchev–Trinajstić information content (AvgIpc) is 3.34. The van der Waals surface area contributed by atoms with E-state index in [0.29, 0.717) is 11.6 Å². The monoisotopic (exact) mass is 524 g/mol. The topological polar surface area (TPSA) is 149 Å². The first kappa shape index (κ1) is 26.8. The van der Waals surface area contributed by atoms with E-state index in [2.05, 4.69) is 10.3 Å². The molecule has 0 radical (unpaired) electrons. The fourth-order valence-corrected chi connectivity index (χ4v) is 5.00. The Bertz CT molecular complexity index is 1070. The van der Waals surface area contributed by atoms with E-state index in [0.717, 1.165) is 18.4 Å². The van der Waals surface area contributed by atoms with Crippen LogP contribution >= 0.6 is 18.9 Å². The smallest absolute Gasteiger partial charge is 0.409 e. The number of nitrogens with one attached hydrogen (secondary N) is 1. The van der Waals surface area contributed by atoms with Crippen LogP contribution in [0, 0.1) is 0 Å². The maximum Gasteiger partial charge on any atom is 0.409 e. The number of unbranched alkanes of at least 4 members (excludes halogenated alkanes) is 1. The minimum atomic E-state index is -4.63. The maximum atomic E-state index is 13.1. The molecule has 1 aromatic carbocycles. The summed E-state index contributed by atoms with van der Waals surface area (Å²) >= 11 is 1.25. The van der Waals surface area contributed by atoms with Crippen molar-refractivity contribution >= 4 is 36.8 Å². The van der Waals surface area contributed by atoms with Gasteiger partial charge in [-0.1, -0.05) is 43.7 Å². The molecule has 13 heteroatoms. The molecule has 2 heterocycles. The lowest BCUT2D eigenvalue weighted by atomic mass is 10.2. The van der Waals surface area contributed by atoms with Gasteiger partial charge in [0.15, 0.2) is 0 Å². The number of carbonyl (C=O) groups excluding carboxylic acids is 3. The molecule has 3 amide bonds. The van der Waals surface area contributed by atoms with Gasteiger partial charge < -0.3 is 29.6 Å². The number of carbonyl (C=O) groups is 3. The zero-order valence-corrected chi connectivity index (χ0v) is 21.0. The SMILES string of the molecule is CCCCOC(=O)N1CCN(C(=O)C(CP(=O)(O)O)NC(=O)c2csc(-c3ccccc3)n2)CC1. The number of ether oxygens (including phenoxy) is 1. The Kier molecular flexibility index (Phi) is 9.39. The molecule has 1 aromatic heterocycles. The second-order valence-electron chi connectivity index (χ2n) is 8.06. The van der Waals surface area contributed by atoms with Crippen LogP contribution < -0.4 is 5.32 Å². The number of aromatic nitrogens is 1. The number of hydrogen-bond donors (Lipinski definition) is 3. The lowest BCUT2D eigenvalue weighted by Crippen LogP contribution is -2.56. The minimum absolute atomic E-state index is 0.0528. The van der Waals surface area contributed by atoms with Gasteiger partial charge in [0.05, 0.1) is 12.8 Å². The van der Waals surface area contributed by atoms with Crippen LogP contribution in [0.25, 0.3) is 10.6 Å². The third kappa shape index (κ3) is 7.86. The number of thiazole rings is 1. The summed E-state index contributed by atoms with van der Waals surface area (Å²) in [4.78, 5) is 64.1. The van der Waals surface area contributed by atoms with Gasteiger partial charge in [-0.25, -0.2) is 9.78 Å². The zero-order valence-electron chi connectivity index (χ0n) is 19.3. The zero-order chi connectivity index (χ0) is 25.4. The van der Waals surface area contributed by atoms with E-state index in [4.69, 9.17) is 4.74 Å². The molecule has 1 aliphatic heterocycles. The number of rotatable bonds is 9. The molecule has 1 aliphatic rings. The molecular weight excluding hydrogens is 495 g/mol. The van der Waals surface area contributed by atoms with Crippen molar-refractivity contribution in [3.05, 3.63) is 41.4 Å². The molecule has 1 saturated heterocycles. The average molecular weight is 525 g/mol. The first-order valence-corrected chi connectivity index (χ1v) is 13.9. The molecule has 0 bridgehead atoms. The Labute approximate surface area is 207 Å². The van der Waals surface area contributed by atoms with Crippen LogP contribution in [-0.2, 0) is 14.1 Å². The molecule has 2 aromatic rings. The second kappa shape index (κ2) is 12.3. The molecule has 1 atom stereocenters. The molecule has 1 unspecified atom stereocenters. The fourth-order valence-electron chi connectivity index (χ4n) is 3.47. The van der Waals surface area contributed by atoms with E-state index in [1.165, 1.54) is 26.5 Å². The van der Waals surface area contributed by atoms with Gasteiger partial charge in [0.2, 0.25) is 5.91 Å². The first-order chi connectivity index (χ1) is 16.7. The van der Waals surface area contributed by atoms with Gasteiger partial charge in [0.1, 0.15) is 16.7 Å². The van der Waals surface area contributed by atoms with Crippen LogP contribution in [0.4, 0.5) is 4.79 Å². The summed E-state index contributed by atoms with van der Waals surface area (Å²) in [5.41, 5.74) is 0.877. The Morgan fingerprint density at radius 2 is 1.80 bits per heavy atom. The Morgan fingerprint density at radius 3 is 2.43 bits per heavy atom. The summed E-state index contributed by atoms with van der Waals surface area (Å²) in [5, 5.41) is 4.57. The molecule has 0 spiro atoms. The highest BCUT2D eigenvalue weighted by molar-refractivity contribution is 7.51. The molecule has 1 fully saturated rings. The Balaban J connectivity index is 1.63. The van der Waals surface area contributed by atoms with Crippen molar-refractivity contribution in [2.75, 3.05) is 38.9 Å². The van der Waals surface area contributed by atoms with E-state index < -0.39 is 37.7 Å². The molecule has 0 aliphatic carbocycles. The van der Waals surface area contributed by atoms with Crippen molar-refractivity contribution in [1.82, 2.24) is 20.1 Å². The van der Waals surface area contributed by atoms with Gasteiger partial charge in [-0.3, -0.25) is 14.2 Å². The normalized spacial score (nSPS) is 14.9. The standard InChI is InChI=1S/C22H29N4O7PS/c1-2-3-13-33-22(29)26-11-9-25(10-12-26)21(28)17(14-34(30,31)32)23-19(27)18-15-35-20(24-18)16-7-5-4-6-8-16/h4-8,15,17H,2-3,9-14H2,1H3,(H,23,27)(H2,30,31,32). The largest absolute Gasteiger partial charge is 0.449 e. The van der Waals surface area contributed by atoms with Crippen molar-refractivity contribution in [2.24, 2.45) is 0 Å². The van der Waals surface area contributed by atoms with Crippen molar-refractivity contribution in [3.63, 3.8) is 0 Å². The predicted molar refractivity (Wildman–Crippen MR) is 130 cm³/mol. The highest BCUT2D eigenvalue weighted by atomic mass is 32.1. The van der Waals surface area contributed by atoms with E-state index in [-0.39, 0.29) is 31.9 Å². The fraction of sp³-hybridized carbons (Fsp3) is 0.455. The number of amides is 3. The van der Waals surface area contributed by atoms with E-state index in [1.54, 1.807) is 0 Å². The lowest BCUT2D eigenvalue weighted by molar-refractivity contribution is -0.134. The van der Waals surface area contributed by atoms with Gasteiger partial charge in [-0.15, -0.1) is 11.3 Å². The van der Waals surface area contributed by atoms with Crippen molar-refractivity contribution in [1.29, 1.82) is 0 Å². The number of nitrogens with zero attached hydrogens (tertiary/aromatic N) is 3. The maximum absolute atomic E-state index is 13.1. The van der Waals surface area contributed by atoms with Gasteiger partial charge >= 0.3 is 13.7 Å². The molecule has 35 heavy (non-hydrogen) atoms. The highest BCUT2D eigenvalue weighted by Crippen LogP contribution is 2.35. The van der Waals surface area contributed by atoms with Crippen molar-refractivity contribution in [2.45, 2.75) is 25.8 Å². The third-order valence-electron chi connectivity index (χ3n) is 5.35. The van der Waals surface area contributed by atoms with Gasteiger partial charge in [0.25, 0.3) is 5.91 Å². The van der Waals surface area contributed by atoms with Crippen LogP contribution in [0.15, 0.2) is 35.7 Å². The lowest BCUT2D eigenvalue weighted by Gasteiger charge is -2.36. The van der Waals surface area contributed by atoms with E-state index in [9.17, 15) is 28.7 Å². The third-order valence-corrected chi connectivity index (χ3v) is 7.09. The van der Waals surface area contributed by atoms with E-state index in [1.807, 2.05) is 37.3 Å². The van der Waals surface area contributed by atoms with Crippen LogP contribution in [0.3, 0.4) is 0 Å². The molecule has 0 saturated carbocycles. The summed E-state index contributed by atoms with van der Waals surface area (Å²) in [7, 11) is -4.63.